The maximum Gasteiger partial charge on any atom is 0.321 e. The van der Waals surface area contributed by atoms with Crippen LogP contribution >= 0.6 is 46.1 Å². The van der Waals surface area contributed by atoms with Crippen molar-refractivity contribution >= 4 is 73.9 Å². The first-order valence-corrected chi connectivity index (χ1v) is 10.9. The second-order valence-electron chi connectivity index (χ2n) is 6.61. The maximum atomic E-state index is 13.0. The zero-order valence-electron chi connectivity index (χ0n) is 15.1. The molecule has 1 N–H and O–H groups in total. The van der Waals surface area contributed by atoms with Crippen molar-refractivity contribution in [1.82, 2.24) is 9.80 Å². The van der Waals surface area contributed by atoms with Gasteiger partial charge in [-0.25, -0.2) is 4.79 Å². The van der Waals surface area contributed by atoms with Gasteiger partial charge >= 0.3 is 6.03 Å². The van der Waals surface area contributed by atoms with E-state index in [-0.39, 0.29) is 11.9 Å². The monoisotopic (exact) mass is 467 g/mol. The number of carbonyl (C=O) groups excluding carboxylic acids is 2. The maximum absolute atomic E-state index is 13.0. The van der Waals surface area contributed by atoms with E-state index in [4.69, 9.17) is 34.8 Å². The molecule has 1 fully saturated rings. The zero-order valence-corrected chi connectivity index (χ0v) is 18.2. The molecule has 5 nitrogen and oxygen atoms in total. The van der Waals surface area contributed by atoms with Gasteiger partial charge in [-0.05, 0) is 30.3 Å². The zero-order chi connectivity index (χ0) is 20.5. The van der Waals surface area contributed by atoms with Crippen LogP contribution in [0.15, 0.2) is 42.5 Å². The summed E-state index contributed by atoms with van der Waals surface area (Å²) in [4.78, 5) is 29.3. The molecule has 0 unspecified atom stereocenters. The minimum Gasteiger partial charge on any atom is -0.334 e. The minimum absolute atomic E-state index is 0.123. The highest BCUT2D eigenvalue weighted by Crippen LogP contribution is 2.37. The molecule has 1 aromatic heterocycles. The number of rotatable bonds is 2. The van der Waals surface area contributed by atoms with E-state index in [1.807, 2.05) is 12.1 Å². The molecule has 150 valence electrons. The van der Waals surface area contributed by atoms with Crippen LogP contribution in [0.25, 0.3) is 10.1 Å². The SMILES string of the molecule is O=C(Nc1cccc(Cl)c1)N1CCN(C(=O)c2sc3cc(Cl)ccc3c2Cl)CC1. The van der Waals surface area contributed by atoms with Gasteiger partial charge in [0.25, 0.3) is 5.91 Å². The standard InChI is InChI=1S/C20H16Cl3N3O2S/c21-12-2-1-3-14(10-12)24-20(28)26-8-6-25(7-9-26)19(27)18-17(23)15-5-4-13(22)11-16(15)29-18/h1-5,10-11H,6-9H2,(H,24,28). The van der Waals surface area contributed by atoms with Crippen LogP contribution in [0.3, 0.4) is 0 Å². The van der Waals surface area contributed by atoms with Crippen LogP contribution < -0.4 is 5.32 Å². The molecule has 0 bridgehead atoms. The summed E-state index contributed by atoms with van der Waals surface area (Å²) in [5.41, 5.74) is 0.636. The van der Waals surface area contributed by atoms with Crippen LogP contribution in [0.2, 0.25) is 15.1 Å². The molecule has 1 aliphatic rings. The third kappa shape index (κ3) is 4.31. The molecule has 3 amide bonds. The number of halogens is 3. The molecular weight excluding hydrogens is 453 g/mol. The molecule has 0 spiro atoms. The largest absolute Gasteiger partial charge is 0.334 e. The molecule has 1 saturated heterocycles. The van der Waals surface area contributed by atoms with Crippen LogP contribution in [0.5, 0.6) is 0 Å². The summed E-state index contributed by atoms with van der Waals surface area (Å²) in [5, 5.41) is 5.26. The molecule has 0 radical (unpaired) electrons. The Kier molecular flexibility index (Phi) is 5.88. The van der Waals surface area contributed by atoms with Crippen molar-refractivity contribution in [3.63, 3.8) is 0 Å². The lowest BCUT2D eigenvalue weighted by atomic mass is 10.2. The van der Waals surface area contributed by atoms with E-state index in [2.05, 4.69) is 5.32 Å². The van der Waals surface area contributed by atoms with Crippen molar-refractivity contribution in [3.05, 3.63) is 62.4 Å². The van der Waals surface area contributed by atoms with Gasteiger partial charge in [0.15, 0.2) is 0 Å². The summed E-state index contributed by atoms with van der Waals surface area (Å²) in [5.74, 6) is -0.123. The fourth-order valence-electron chi connectivity index (χ4n) is 3.20. The fourth-order valence-corrected chi connectivity index (χ4v) is 5.15. The predicted molar refractivity (Wildman–Crippen MR) is 120 cm³/mol. The summed E-state index contributed by atoms with van der Waals surface area (Å²) < 4.78 is 0.880. The smallest absolute Gasteiger partial charge is 0.321 e. The number of piperazine rings is 1. The van der Waals surface area contributed by atoms with Crippen molar-refractivity contribution in [1.29, 1.82) is 0 Å². The van der Waals surface area contributed by atoms with Gasteiger partial charge in [-0.15, -0.1) is 11.3 Å². The van der Waals surface area contributed by atoms with Gasteiger partial charge in [0.2, 0.25) is 0 Å². The first-order chi connectivity index (χ1) is 13.9. The molecule has 9 heteroatoms. The minimum atomic E-state index is -0.214. The van der Waals surface area contributed by atoms with E-state index in [1.54, 1.807) is 40.1 Å². The highest BCUT2D eigenvalue weighted by atomic mass is 35.5. The van der Waals surface area contributed by atoms with E-state index in [1.165, 1.54) is 11.3 Å². The van der Waals surface area contributed by atoms with Crippen LogP contribution in [-0.2, 0) is 0 Å². The number of anilines is 1. The van der Waals surface area contributed by atoms with Crippen LogP contribution in [0, 0.1) is 0 Å². The number of thiophene rings is 1. The lowest BCUT2D eigenvalue weighted by molar-refractivity contribution is 0.0676. The number of amides is 3. The van der Waals surface area contributed by atoms with E-state index in [9.17, 15) is 9.59 Å². The molecule has 4 rings (SSSR count). The van der Waals surface area contributed by atoms with E-state index in [0.717, 1.165) is 10.1 Å². The lowest BCUT2D eigenvalue weighted by Gasteiger charge is -2.34. The third-order valence-corrected chi connectivity index (χ3v) is 6.83. The van der Waals surface area contributed by atoms with Gasteiger partial charge in [-0.2, -0.15) is 0 Å². The van der Waals surface area contributed by atoms with Crippen LogP contribution in [0.1, 0.15) is 9.67 Å². The van der Waals surface area contributed by atoms with Crippen molar-refractivity contribution in [2.45, 2.75) is 0 Å². The molecular formula is C20H16Cl3N3O2S. The summed E-state index contributed by atoms with van der Waals surface area (Å²) in [7, 11) is 0. The molecule has 0 aliphatic carbocycles. The highest BCUT2D eigenvalue weighted by molar-refractivity contribution is 7.21. The first kappa shape index (κ1) is 20.3. The van der Waals surface area contributed by atoms with Crippen LogP contribution in [0.4, 0.5) is 10.5 Å². The van der Waals surface area contributed by atoms with Crippen molar-refractivity contribution in [3.8, 4) is 0 Å². The van der Waals surface area contributed by atoms with E-state index in [0.29, 0.717) is 51.8 Å². The van der Waals surface area contributed by atoms with Gasteiger partial charge < -0.3 is 15.1 Å². The van der Waals surface area contributed by atoms with Gasteiger partial charge in [-0.1, -0.05) is 46.9 Å². The van der Waals surface area contributed by atoms with Gasteiger partial charge in [0.1, 0.15) is 4.88 Å². The molecule has 0 saturated carbocycles. The Hall–Kier alpha value is -1.99. The summed E-state index contributed by atoms with van der Waals surface area (Å²) >= 11 is 19.8. The highest BCUT2D eigenvalue weighted by Gasteiger charge is 2.28. The molecule has 1 aliphatic heterocycles. The Morgan fingerprint density at radius 3 is 2.31 bits per heavy atom. The molecule has 29 heavy (non-hydrogen) atoms. The number of hydrogen-bond acceptors (Lipinski definition) is 3. The number of nitrogens with one attached hydrogen (secondary N) is 1. The Bertz CT molecular complexity index is 1090. The second kappa shape index (κ2) is 8.40. The normalized spacial score (nSPS) is 14.3. The first-order valence-electron chi connectivity index (χ1n) is 8.90. The van der Waals surface area contributed by atoms with Crippen molar-refractivity contribution in [2.24, 2.45) is 0 Å². The average Bonchev–Trinajstić information content (AvgIpc) is 3.03. The average molecular weight is 469 g/mol. The van der Waals surface area contributed by atoms with E-state index < -0.39 is 0 Å². The number of urea groups is 1. The number of hydrogen-bond donors (Lipinski definition) is 1. The Morgan fingerprint density at radius 2 is 1.59 bits per heavy atom. The topological polar surface area (TPSA) is 52.7 Å². The number of nitrogens with zero attached hydrogens (tertiary/aromatic N) is 2. The summed E-state index contributed by atoms with van der Waals surface area (Å²) in [6, 6.07) is 12.2. The summed E-state index contributed by atoms with van der Waals surface area (Å²) in [6.45, 7) is 1.75. The Morgan fingerprint density at radius 1 is 0.897 bits per heavy atom. The Labute approximate surface area is 186 Å². The van der Waals surface area contributed by atoms with Crippen molar-refractivity contribution in [2.75, 3.05) is 31.5 Å². The molecule has 3 aromatic rings. The predicted octanol–water partition coefficient (Wildman–Crippen LogP) is 5.85. The number of fused-ring (bicyclic) bond motifs is 1. The molecule has 0 atom stereocenters. The van der Waals surface area contributed by atoms with Crippen molar-refractivity contribution < 1.29 is 9.59 Å². The molecule has 2 heterocycles. The second-order valence-corrected chi connectivity index (χ2v) is 8.91. The number of benzene rings is 2. The number of carbonyl (C=O) groups is 2. The fraction of sp³-hybridized carbons (Fsp3) is 0.200. The summed E-state index contributed by atoms with van der Waals surface area (Å²) in [6.07, 6.45) is 0. The van der Waals surface area contributed by atoms with Crippen LogP contribution in [-0.4, -0.2) is 47.9 Å². The Balaban J connectivity index is 1.41. The quantitative estimate of drug-likeness (QED) is 0.513. The van der Waals surface area contributed by atoms with E-state index >= 15 is 0 Å². The lowest BCUT2D eigenvalue weighted by Crippen LogP contribution is -2.51. The molecule has 2 aromatic carbocycles. The van der Waals surface area contributed by atoms with Gasteiger partial charge in [0.05, 0.1) is 5.02 Å². The van der Waals surface area contributed by atoms with Gasteiger partial charge in [-0.3, -0.25) is 4.79 Å². The third-order valence-electron chi connectivity index (χ3n) is 4.72. The van der Waals surface area contributed by atoms with Gasteiger partial charge in [0, 0.05) is 52.0 Å².